The van der Waals surface area contributed by atoms with Crippen LogP contribution in [0.15, 0.2) is 12.1 Å². The van der Waals surface area contributed by atoms with E-state index in [0.717, 1.165) is 6.07 Å². The van der Waals surface area contributed by atoms with Crippen LogP contribution in [0.2, 0.25) is 5.02 Å². The van der Waals surface area contributed by atoms with E-state index < -0.39 is 4.92 Å². The molecule has 1 aromatic rings. The van der Waals surface area contributed by atoms with Gasteiger partial charge in [0.15, 0.2) is 5.78 Å². The highest BCUT2D eigenvalue weighted by Gasteiger charge is 2.20. The van der Waals surface area contributed by atoms with Crippen molar-refractivity contribution >= 4 is 44.7 Å². The summed E-state index contributed by atoms with van der Waals surface area (Å²) in [5, 5.41) is 10.4. The van der Waals surface area contributed by atoms with Crippen LogP contribution in [-0.4, -0.2) is 16.0 Å². The molecule has 1 rings (SSSR count). The van der Waals surface area contributed by atoms with Crippen molar-refractivity contribution in [2.24, 2.45) is 0 Å². The predicted octanol–water partition coefficient (Wildman–Crippen LogP) is 2.41. The minimum atomic E-state index is -0.677. The van der Waals surface area contributed by atoms with Gasteiger partial charge in [-0.1, -0.05) is 27.5 Å². The lowest BCUT2D eigenvalue weighted by atomic mass is 10.1. The molecule has 0 radical (unpaired) electrons. The molecule has 1 aromatic carbocycles. The first-order chi connectivity index (χ1) is 6.97. The smallest absolute Gasteiger partial charge is 0.290 e. The van der Waals surface area contributed by atoms with Crippen molar-refractivity contribution in [3.05, 3.63) is 32.8 Å². The molecule has 5 nitrogen and oxygen atoms in total. The lowest BCUT2D eigenvalue weighted by molar-refractivity contribution is -0.384. The molecule has 0 aliphatic heterocycles. The molecule has 0 saturated heterocycles. The Labute approximate surface area is 98.5 Å². The first-order valence-electron chi connectivity index (χ1n) is 3.80. The molecule has 80 valence electrons. The third-order valence-corrected chi connectivity index (χ3v) is 2.60. The molecule has 0 unspecified atom stereocenters. The van der Waals surface area contributed by atoms with E-state index >= 15 is 0 Å². The van der Waals surface area contributed by atoms with Gasteiger partial charge in [-0.25, -0.2) is 0 Å². The van der Waals surface area contributed by atoms with Gasteiger partial charge >= 0.3 is 0 Å². The van der Waals surface area contributed by atoms with Gasteiger partial charge in [-0.05, 0) is 6.07 Å². The molecule has 0 aliphatic rings. The summed E-state index contributed by atoms with van der Waals surface area (Å²) in [6.07, 6.45) is 0. The van der Waals surface area contributed by atoms with Crippen LogP contribution in [0.3, 0.4) is 0 Å². The molecule has 15 heavy (non-hydrogen) atoms. The van der Waals surface area contributed by atoms with Crippen LogP contribution >= 0.6 is 27.5 Å². The molecule has 0 spiro atoms. The number of Topliss-reactive ketones (excluding diaryl/α,β-unsaturated/α-hetero) is 1. The minimum absolute atomic E-state index is 0.0350. The maximum atomic E-state index is 11.4. The number of nitrogens with zero attached hydrogens (tertiary/aromatic N) is 1. The summed E-state index contributed by atoms with van der Waals surface area (Å²) < 4.78 is 0. The number of alkyl halides is 1. The number of anilines is 1. The van der Waals surface area contributed by atoms with Crippen molar-refractivity contribution in [3.8, 4) is 0 Å². The number of benzene rings is 1. The van der Waals surface area contributed by atoms with Gasteiger partial charge in [0.25, 0.3) is 5.69 Å². The molecule has 0 bridgehead atoms. The first-order valence-corrected chi connectivity index (χ1v) is 5.30. The van der Waals surface area contributed by atoms with E-state index in [4.69, 9.17) is 17.3 Å². The Morgan fingerprint density at radius 2 is 2.20 bits per heavy atom. The van der Waals surface area contributed by atoms with Crippen LogP contribution < -0.4 is 5.73 Å². The average Bonchev–Trinajstić information content (AvgIpc) is 2.19. The zero-order valence-electron chi connectivity index (χ0n) is 7.37. The number of nitrogens with two attached hydrogens (primary N) is 1. The van der Waals surface area contributed by atoms with Crippen molar-refractivity contribution in [1.82, 2.24) is 0 Å². The number of nitro benzene ring substituents is 1. The molecule has 0 atom stereocenters. The van der Waals surface area contributed by atoms with Crippen molar-refractivity contribution in [2.75, 3.05) is 11.1 Å². The van der Waals surface area contributed by atoms with Crippen LogP contribution in [0.1, 0.15) is 10.4 Å². The normalized spacial score (nSPS) is 10.0. The van der Waals surface area contributed by atoms with Gasteiger partial charge < -0.3 is 5.73 Å². The topological polar surface area (TPSA) is 86.2 Å². The Bertz CT molecular complexity index is 436. The first kappa shape index (κ1) is 11.9. The number of nitro groups is 1. The van der Waals surface area contributed by atoms with Crippen LogP contribution in [0, 0.1) is 10.1 Å². The second kappa shape index (κ2) is 4.59. The number of nitrogen functional groups attached to an aromatic ring is 1. The molecule has 0 amide bonds. The predicted molar refractivity (Wildman–Crippen MR) is 60.6 cm³/mol. The molecule has 2 N–H and O–H groups in total. The van der Waals surface area contributed by atoms with E-state index in [1.807, 2.05) is 0 Å². The van der Waals surface area contributed by atoms with Gasteiger partial charge in [-0.15, -0.1) is 0 Å². The number of halogens is 2. The summed E-state index contributed by atoms with van der Waals surface area (Å²) in [5.41, 5.74) is 5.26. The number of hydrogen-bond donors (Lipinski definition) is 1. The van der Waals surface area contributed by atoms with E-state index in [1.165, 1.54) is 6.07 Å². The summed E-state index contributed by atoms with van der Waals surface area (Å²) in [6, 6.07) is 2.44. The van der Waals surface area contributed by atoms with E-state index in [0.29, 0.717) is 0 Å². The molecule has 0 aromatic heterocycles. The average molecular weight is 294 g/mol. The standard InChI is InChI=1S/C8H6BrClN2O3/c9-3-7(13)5-1-4(11)2-6(8(5)10)12(14)15/h1-2H,3,11H2. The number of ketones is 1. The Morgan fingerprint density at radius 3 is 2.67 bits per heavy atom. The van der Waals surface area contributed by atoms with Gasteiger partial charge in [0.2, 0.25) is 0 Å². The number of hydrogen-bond acceptors (Lipinski definition) is 4. The van der Waals surface area contributed by atoms with Crippen molar-refractivity contribution in [3.63, 3.8) is 0 Å². The summed E-state index contributed by atoms with van der Waals surface area (Å²) >= 11 is 8.66. The fourth-order valence-electron chi connectivity index (χ4n) is 1.04. The number of rotatable bonds is 3. The summed E-state index contributed by atoms with van der Waals surface area (Å²) in [7, 11) is 0. The molecular weight excluding hydrogens is 287 g/mol. The molecule has 0 saturated carbocycles. The van der Waals surface area contributed by atoms with Crippen LogP contribution in [0.4, 0.5) is 11.4 Å². The van der Waals surface area contributed by atoms with Crippen molar-refractivity contribution < 1.29 is 9.72 Å². The van der Waals surface area contributed by atoms with Gasteiger partial charge in [0, 0.05) is 17.3 Å². The quantitative estimate of drug-likeness (QED) is 0.305. The molecule has 7 heteroatoms. The van der Waals surface area contributed by atoms with E-state index in [2.05, 4.69) is 15.9 Å². The van der Waals surface area contributed by atoms with Gasteiger partial charge in [0.05, 0.1) is 10.3 Å². The highest BCUT2D eigenvalue weighted by Crippen LogP contribution is 2.31. The Balaban J connectivity index is 3.41. The Morgan fingerprint density at radius 1 is 1.60 bits per heavy atom. The zero-order valence-corrected chi connectivity index (χ0v) is 9.71. The lowest BCUT2D eigenvalue weighted by Crippen LogP contribution is -2.04. The van der Waals surface area contributed by atoms with Crippen molar-refractivity contribution in [1.29, 1.82) is 0 Å². The summed E-state index contributed by atoms with van der Waals surface area (Å²) in [5.74, 6) is -0.351. The number of carbonyl (C=O) groups excluding carboxylic acids is 1. The molecule has 0 aliphatic carbocycles. The molecule has 0 fully saturated rings. The monoisotopic (exact) mass is 292 g/mol. The van der Waals surface area contributed by atoms with Crippen LogP contribution in [-0.2, 0) is 0 Å². The maximum Gasteiger partial charge on any atom is 0.290 e. The molecule has 0 heterocycles. The fourth-order valence-corrected chi connectivity index (χ4v) is 1.62. The second-order valence-corrected chi connectivity index (χ2v) is 3.65. The highest BCUT2D eigenvalue weighted by atomic mass is 79.9. The Kier molecular flexibility index (Phi) is 3.65. The molecular formula is C8H6BrClN2O3. The van der Waals surface area contributed by atoms with E-state index in [-0.39, 0.29) is 33.1 Å². The van der Waals surface area contributed by atoms with Crippen LogP contribution in [0.25, 0.3) is 0 Å². The maximum absolute atomic E-state index is 11.4. The van der Waals surface area contributed by atoms with Gasteiger partial charge in [0.1, 0.15) is 5.02 Å². The van der Waals surface area contributed by atoms with Crippen LogP contribution in [0.5, 0.6) is 0 Å². The lowest BCUT2D eigenvalue weighted by Gasteiger charge is -2.03. The van der Waals surface area contributed by atoms with E-state index in [9.17, 15) is 14.9 Å². The summed E-state index contributed by atoms with van der Waals surface area (Å²) in [6.45, 7) is 0. The number of carbonyl (C=O) groups is 1. The third-order valence-electron chi connectivity index (χ3n) is 1.69. The second-order valence-electron chi connectivity index (χ2n) is 2.72. The Hall–Kier alpha value is -1.14. The van der Waals surface area contributed by atoms with Crippen molar-refractivity contribution in [2.45, 2.75) is 0 Å². The fraction of sp³-hybridized carbons (Fsp3) is 0.125. The van der Waals surface area contributed by atoms with Gasteiger partial charge in [-0.2, -0.15) is 0 Å². The van der Waals surface area contributed by atoms with E-state index in [1.54, 1.807) is 0 Å². The SMILES string of the molecule is Nc1cc(C(=O)CBr)c(Cl)c([N+](=O)[O-])c1. The summed E-state index contributed by atoms with van der Waals surface area (Å²) in [4.78, 5) is 21.3. The van der Waals surface area contributed by atoms with Gasteiger partial charge in [-0.3, -0.25) is 14.9 Å². The third kappa shape index (κ3) is 2.45. The largest absolute Gasteiger partial charge is 0.399 e. The minimum Gasteiger partial charge on any atom is -0.399 e. The highest BCUT2D eigenvalue weighted by molar-refractivity contribution is 9.09. The zero-order chi connectivity index (χ0) is 11.6.